The highest BCUT2D eigenvalue weighted by Crippen LogP contribution is 2.22. The number of rotatable bonds is 8. The minimum absolute atomic E-state index is 0.0723. The highest BCUT2D eigenvalue weighted by Gasteiger charge is 2.43. The number of amides is 4. The molecule has 1 aliphatic heterocycles. The molecular weight excluding hydrogens is 404 g/mol. The summed E-state index contributed by atoms with van der Waals surface area (Å²) >= 11 is 0. The summed E-state index contributed by atoms with van der Waals surface area (Å²) in [7, 11) is 0. The molecule has 10 heteroatoms. The van der Waals surface area contributed by atoms with Crippen LogP contribution in [0.15, 0.2) is 40.9 Å². The van der Waals surface area contributed by atoms with Crippen molar-refractivity contribution in [1.29, 1.82) is 0 Å². The first-order valence-electron chi connectivity index (χ1n) is 9.80. The Kier molecular flexibility index (Phi) is 6.38. The van der Waals surface area contributed by atoms with Gasteiger partial charge in [-0.1, -0.05) is 35.5 Å². The van der Waals surface area contributed by atoms with Gasteiger partial charge in [-0.3, -0.25) is 19.3 Å². The highest BCUT2D eigenvalue weighted by molar-refractivity contribution is 6.06. The van der Waals surface area contributed by atoms with Crippen molar-refractivity contribution >= 4 is 29.6 Å². The summed E-state index contributed by atoms with van der Waals surface area (Å²) in [5.74, 6) is -0.835. The molecule has 0 radical (unpaired) electrons. The van der Waals surface area contributed by atoms with Gasteiger partial charge in [0, 0.05) is 24.6 Å². The Morgan fingerprint density at radius 3 is 2.55 bits per heavy atom. The average Bonchev–Trinajstić information content (AvgIpc) is 3.21. The number of hydrogen-bond donors (Lipinski definition) is 2. The van der Waals surface area contributed by atoms with Crippen molar-refractivity contribution in [2.75, 3.05) is 11.9 Å². The first-order chi connectivity index (χ1) is 14.7. The number of nitrogens with one attached hydrogen (secondary N) is 2. The standard InChI is InChI=1S/C21H24N4O6/c1-13-12-15(24-31-13)22-18(27)17(14-8-5-4-6-9-14)30-16(26)10-7-11-25-19(28)21(2,3)23-20(25)29/h4-6,8-9,12,17H,7,10-11H2,1-3H3,(H,23,29)(H,22,24,27)/t17-/m0/s1. The molecule has 0 aliphatic carbocycles. The second-order valence-corrected chi connectivity index (χ2v) is 7.71. The molecule has 0 spiro atoms. The van der Waals surface area contributed by atoms with E-state index in [4.69, 9.17) is 9.26 Å². The van der Waals surface area contributed by atoms with Crippen molar-refractivity contribution in [2.45, 2.75) is 45.3 Å². The van der Waals surface area contributed by atoms with E-state index in [1.807, 2.05) is 0 Å². The number of carbonyl (C=O) groups excluding carboxylic acids is 4. The normalized spacial score (nSPS) is 16.0. The van der Waals surface area contributed by atoms with Crippen LogP contribution >= 0.6 is 0 Å². The smallest absolute Gasteiger partial charge is 0.325 e. The van der Waals surface area contributed by atoms with E-state index in [0.717, 1.165) is 4.90 Å². The van der Waals surface area contributed by atoms with E-state index in [-0.39, 0.29) is 31.1 Å². The van der Waals surface area contributed by atoms with E-state index in [1.54, 1.807) is 57.2 Å². The number of ether oxygens (including phenoxy) is 1. The molecule has 0 saturated carbocycles. The van der Waals surface area contributed by atoms with E-state index in [1.165, 1.54) is 0 Å². The maximum Gasteiger partial charge on any atom is 0.325 e. The van der Waals surface area contributed by atoms with Crippen LogP contribution in [-0.4, -0.2) is 46.0 Å². The number of urea groups is 1. The van der Waals surface area contributed by atoms with Gasteiger partial charge in [-0.05, 0) is 27.2 Å². The number of carbonyl (C=O) groups is 4. The van der Waals surface area contributed by atoms with Crippen molar-refractivity contribution in [3.8, 4) is 0 Å². The summed E-state index contributed by atoms with van der Waals surface area (Å²) in [5, 5.41) is 8.85. The van der Waals surface area contributed by atoms with E-state index >= 15 is 0 Å². The fraction of sp³-hybridized carbons (Fsp3) is 0.381. The zero-order valence-corrected chi connectivity index (χ0v) is 17.5. The first kappa shape index (κ1) is 22.0. The number of aryl methyl sites for hydroxylation is 1. The molecule has 0 bridgehead atoms. The Morgan fingerprint density at radius 1 is 1.26 bits per heavy atom. The lowest BCUT2D eigenvalue weighted by molar-refractivity contribution is -0.155. The van der Waals surface area contributed by atoms with Gasteiger partial charge in [-0.15, -0.1) is 0 Å². The SMILES string of the molecule is Cc1cc(NC(=O)[C@@H](OC(=O)CCCN2C(=O)NC(C)(C)C2=O)c2ccccc2)no1. The van der Waals surface area contributed by atoms with Gasteiger partial charge in [-0.2, -0.15) is 0 Å². The van der Waals surface area contributed by atoms with Gasteiger partial charge in [0.25, 0.3) is 11.8 Å². The summed E-state index contributed by atoms with van der Waals surface area (Å²) in [4.78, 5) is 50.3. The van der Waals surface area contributed by atoms with E-state index < -0.39 is 29.6 Å². The van der Waals surface area contributed by atoms with Crippen LogP contribution in [0.3, 0.4) is 0 Å². The van der Waals surface area contributed by atoms with Gasteiger partial charge in [0.1, 0.15) is 11.3 Å². The molecule has 1 aromatic heterocycles. The third-order valence-electron chi connectivity index (χ3n) is 4.68. The van der Waals surface area contributed by atoms with Crippen LogP contribution in [-0.2, 0) is 19.1 Å². The number of anilines is 1. The van der Waals surface area contributed by atoms with Gasteiger partial charge >= 0.3 is 12.0 Å². The lowest BCUT2D eigenvalue weighted by atomic mass is 10.1. The van der Waals surface area contributed by atoms with Crippen LogP contribution in [0, 0.1) is 6.92 Å². The minimum Gasteiger partial charge on any atom is -0.447 e. The predicted octanol–water partition coefficient (Wildman–Crippen LogP) is 2.32. The highest BCUT2D eigenvalue weighted by atomic mass is 16.5. The Bertz CT molecular complexity index is 985. The third kappa shape index (κ3) is 5.27. The number of esters is 1. The van der Waals surface area contributed by atoms with Crippen molar-refractivity contribution in [1.82, 2.24) is 15.4 Å². The van der Waals surface area contributed by atoms with Gasteiger partial charge in [-0.25, -0.2) is 4.79 Å². The van der Waals surface area contributed by atoms with Crippen LogP contribution in [0.5, 0.6) is 0 Å². The van der Waals surface area contributed by atoms with Crippen molar-refractivity contribution in [2.24, 2.45) is 0 Å². The molecule has 1 aromatic carbocycles. The Morgan fingerprint density at radius 2 is 1.97 bits per heavy atom. The summed E-state index contributed by atoms with van der Waals surface area (Å²) in [6, 6.07) is 9.61. The van der Waals surface area contributed by atoms with Gasteiger partial charge in [0.15, 0.2) is 5.82 Å². The van der Waals surface area contributed by atoms with Crippen molar-refractivity contribution in [3.63, 3.8) is 0 Å². The molecule has 2 heterocycles. The van der Waals surface area contributed by atoms with Gasteiger partial charge in [0.2, 0.25) is 6.10 Å². The average molecular weight is 428 g/mol. The molecule has 2 N–H and O–H groups in total. The lowest BCUT2D eigenvalue weighted by Gasteiger charge is -2.18. The predicted molar refractivity (Wildman–Crippen MR) is 109 cm³/mol. The van der Waals surface area contributed by atoms with E-state index in [9.17, 15) is 19.2 Å². The molecule has 164 valence electrons. The molecule has 1 aliphatic rings. The largest absolute Gasteiger partial charge is 0.447 e. The Hall–Kier alpha value is -3.69. The molecule has 3 rings (SSSR count). The van der Waals surface area contributed by atoms with Gasteiger partial charge < -0.3 is 19.9 Å². The quantitative estimate of drug-likeness (QED) is 0.487. The van der Waals surface area contributed by atoms with Crippen LogP contribution in [0.2, 0.25) is 0 Å². The Balaban J connectivity index is 1.60. The van der Waals surface area contributed by atoms with Crippen LogP contribution in [0.25, 0.3) is 0 Å². The summed E-state index contributed by atoms with van der Waals surface area (Å²) in [5.41, 5.74) is -0.475. The second kappa shape index (κ2) is 8.99. The first-order valence-corrected chi connectivity index (χ1v) is 9.80. The second-order valence-electron chi connectivity index (χ2n) is 7.71. The topological polar surface area (TPSA) is 131 Å². The summed E-state index contributed by atoms with van der Waals surface area (Å²) < 4.78 is 10.4. The Labute approximate surface area is 178 Å². The third-order valence-corrected chi connectivity index (χ3v) is 4.68. The summed E-state index contributed by atoms with van der Waals surface area (Å²) in [6.07, 6.45) is -1.06. The van der Waals surface area contributed by atoms with Crippen LogP contribution in [0.4, 0.5) is 10.6 Å². The van der Waals surface area contributed by atoms with Gasteiger partial charge in [0.05, 0.1) is 0 Å². The molecular formula is C21H24N4O6. The van der Waals surface area contributed by atoms with Crippen LogP contribution in [0.1, 0.15) is 44.1 Å². The molecule has 1 saturated heterocycles. The van der Waals surface area contributed by atoms with E-state index in [2.05, 4.69) is 15.8 Å². The minimum atomic E-state index is -1.19. The fourth-order valence-electron chi connectivity index (χ4n) is 3.11. The molecule has 1 fully saturated rings. The lowest BCUT2D eigenvalue weighted by Crippen LogP contribution is -2.40. The number of nitrogens with zero attached hydrogens (tertiary/aromatic N) is 2. The fourth-order valence-corrected chi connectivity index (χ4v) is 3.11. The zero-order valence-electron chi connectivity index (χ0n) is 17.5. The number of benzene rings is 1. The van der Waals surface area contributed by atoms with E-state index in [0.29, 0.717) is 11.3 Å². The molecule has 0 unspecified atom stereocenters. The molecule has 2 aromatic rings. The molecule has 4 amide bonds. The maximum absolute atomic E-state index is 12.7. The molecule has 10 nitrogen and oxygen atoms in total. The summed E-state index contributed by atoms with van der Waals surface area (Å²) in [6.45, 7) is 4.98. The molecule has 1 atom stereocenters. The maximum atomic E-state index is 12.7. The monoisotopic (exact) mass is 428 g/mol. The molecule has 31 heavy (non-hydrogen) atoms. The number of imide groups is 1. The zero-order chi connectivity index (χ0) is 22.6. The van der Waals surface area contributed by atoms with Crippen molar-refractivity contribution in [3.05, 3.63) is 47.7 Å². The van der Waals surface area contributed by atoms with Crippen LogP contribution < -0.4 is 10.6 Å². The number of aromatic nitrogens is 1. The number of hydrogen-bond acceptors (Lipinski definition) is 7. The van der Waals surface area contributed by atoms with Crippen molar-refractivity contribution < 1.29 is 28.4 Å².